The van der Waals surface area contributed by atoms with E-state index in [1.165, 1.54) is 34.8 Å². The average Bonchev–Trinajstić information content (AvgIpc) is 2.95. The highest BCUT2D eigenvalue weighted by Gasteiger charge is 2.21. The second-order valence-electron chi connectivity index (χ2n) is 5.62. The molecule has 1 fully saturated rings. The molecule has 3 heterocycles. The molecule has 1 N–H and O–H groups in total. The zero-order valence-electron chi connectivity index (χ0n) is 11.8. The molecule has 1 aromatic rings. The molecule has 0 unspecified atom stereocenters. The van der Waals surface area contributed by atoms with Crippen LogP contribution >= 0.6 is 23.1 Å². The van der Waals surface area contributed by atoms with E-state index in [1.807, 2.05) is 16.2 Å². The normalized spacial score (nSPS) is 19.9. The first-order valence-corrected chi connectivity index (χ1v) is 9.48. The van der Waals surface area contributed by atoms with Crippen LogP contribution in [-0.2, 0) is 17.8 Å². The van der Waals surface area contributed by atoms with E-state index in [0.717, 1.165) is 32.0 Å². The molecular formula is C15H22N2OS2. The molecule has 3 nitrogen and oxygen atoms in total. The van der Waals surface area contributed by atoms with E-state index in [0.29, 0.717) is 6.54 Å². The fourth-order valence-corrected chi connectivity index (χ4v) is 5.00. The zero-order chi connectivity index (χ0) is 13.8. The quantitative estimate of drug-likeness (QED) is 0.926. The van der Waals surface area contributed by atoms with Crippen LogP contribution in [0, 0.1) is 5.92 Å². The van der Waals surface area contributed by atoms with E-state index in [-0.39, 0.29) is 5.91 Å². The van der Waals surface area contributed by atoms with Gasteiger partial charge in [-0.05, 0) is 60.2 Å². The second kappa shape index (κ2) is 6.96. The average molecular weight is 310 g/mol. The largest absolute Gasteiger partial charge is 0.337 e. The Bertz CT molecular complexity index is 454. The van der Waals surface area contributed by atoms with E-state index in [2.05, 4.69) is 28.5 Å². The second-order valence-corrected chi connectivity index (χ2v) is 7.85. The summed E-state index contributed by atoms with van der Waals surface area (Å²) in [6, 6.07) is 2.16. The standard InChI is InChI=1S/C15H22N2OS2/c18-15(10-16-9-12-2-6-19-7-3-12)17-5-1-14-13(11-17)4-8-20-14/h4,8,12,16H,1-3,5-7,9-11H2. The molecule has 110 valence electrons. The molecule has 1 aromatic heterocycles. The number of hydrogen-bond acceptors (Lipinski definition) is 4. The smallest absolute Gasteiger partial charge is 0.236 e. The van der Waals surface area contributed by atoms with Gasteiger partial charge in [0.1, 0.15) is 0 Å². The van der Waals surface area contributed by atoms with Crippen LogP contribution in [-0.4, -0.2) is 41.9 Å². The maximum atomic E-state index is 12.2. The first kappa shape index (κ1) is 14.4. The molecule has 1 saturated heterocycles. The monoisotopic (exact) mass is 310 g/mol. The van der Waals surface area contributed by atoms with Gasteiger partial charge in [-0.3, -0.25) is 4.79 Å². The topological polar surface area (TPSA) is 32.3 Å². The number of carbonyl (C=O) groups is 1. The molecule has 0 spiro atoms. The van der Waals surface area contributed by atoms with Crippen molar-refractivity contribution in [1.29, 1.82) is 0 Å². The van der Waals surface area contributed by atoms with Crippen molar-refractivity contribution in [3.05, 3.63) is 21.9 Å². The molecule has 0 saturated carbocycles. The summed E-state index contributed by atoms with van der Waals surface area (Å²) in [6.07, 6.45) is 3.63. The van der Waals surface area contributed by atoms with Gasteiger partial charge < -0.3 is 10.2 Å². The molecule has 5 heteroatoms. The molecule has 0 bridgehead atoms. The number of fused-ring (bicyclic) bond motifs is 1. The molecule has 2 aliphatic rings. The van der Waals surface area contributed by atoms with Gasteiger partial charge in [0, 0.05) is 18.0 Å². The lowest BCUT2D eigenvalue weighted by Gasteiger charge is -2.28. The molecular weight excluding hydrogens is 288 g/mol. The Balaban J connectivity index is 1.41. The first-order chi connectivity index (χ1) is 9.83. The van der Waals surface area contributed by atoms with Gasteiger partial charge in [0.05, 0.1) is 6.54 Å². The summed E-state index contributed by atoms with van der Waals surface area (Å²) in [7, 11) is 0. The predicted octanol–water partition coefficient (Wildman–Crippen LogP) is 2.37. The molecule has 0 radical (unpaired) electrons. The van der Waals surface area contributed by atoms with Crippen LogP contribution in [0.4, 0.5) is 0 Å². The zero-order valence-corrected chi connectivity index (χ0v) is 13.4. The summed E-state index contributed by atoms with van der Waals surface area (Å²) in [5.74, 6) is 3.60. The Morgan fingerprint density at radius 1 is 1.40 bits per heavy atom. The van der Waals surface area contributed by atoms with Gasteiger partial charge in [0.2, 0.25) is 5.91 Å². The van der Waals surface area contributed by atoms with Crippen LogP contribution in [0.1, 0.15) is 23.3 Å². The maximum Gasteiger partial charge on any atom is 0.236 e. The van der Waals surface area contributed by atoms with Crippen LogP contribution in [0.2, 0.25) is 0 Å². The predicted molar refractivity (Wildman–Crippen MR) is 86.4 cm³/mol. The van der Waals surface area contributed by atoms with Crippen LogP contribution in [0.15, 0.2) is 11.4 Å². The third-order valence-electron chi connectivity index (χ3n) is 4.21. The van der Waals surface area contributed by atoms with Crippen molar-refractivity contribution in [2.24, 2.45) is 5.92 Å². The molecule has 3 rings (SSSR count). The number of thioether (sulfide) groups is 1. The lowest BCUT2D eigenvalue weighted by atomic mass is 10.0. The van der Waals surface area contributed by atoms with Gasteiger partial charge in [-0.1, -0.05) is 0 Å². The van der Waals surface area contributed by atoms with E-state index >= 15 is 0 Å². The van der Waals surface area contributed by atoms with Crippen molar-refractivity contribution < 1.29 is 4.79 Å². The van der Waals surface area contributed by atoms with Gasteiger partial charge in [0.15, 0.2) is 0 Å². The van der Waals surface area contributed by atoms with E-state index in [1.54, 1.807) is 0 Å². The van der Waals surface area contributed by atoms with Crippen molar-refractivity contribution in [3.8, 4) is 0 Å². The van der Waals surface area contributed by atoms with E-state index in [4.69, 9.17) is 0 Å². The van der Waals surface area contributed by atoms with Crippen LogP contribution < -0.4 is 5.32 Å². The lowest BCUT2D eigenvalue weighted by Crippen LogP contribution is -2.41. The Labute approximate surface area is 129 Å². The fraction of sp³-hybridized carbons (Fsp3) is 0.667. The number of nitrogens with one attached hydrogen (secondary N) is 1. The highest BCUT2D eigenvalue weighted by molar-refractivity contribution is 7.99. The minimum Gasteiger partial charge on any atom is -0.337 e. The molecule has 1 amide bonds. The molecule has 0 atom stereocenters. The Hall–Kier alpha value is -0.520. The van der Waals surface area contributed by atoms with Crippen molar-refractivity contribution in [2.45, 2.75) is 25.8 Å². The number of carbonyl (C=O) groups excluding carboxylic acids is 1. The van der Waals surface area contributed by atoms with Crippen molar-refractivity contribution in [1.82, 2.24) is 10.2 Å². The van der Waals surface area contributed by atoms with Gasteiger partial charge >= 0.3 is 0 Å². The summed E-state index contributed by atoms with van der Waals surface area (Å²) in [5.41, 5.74) is 1.35. The summed E-state index contributed by atoms with van der Waals surface area (Å²) in [4.78, 5) is 15.7. The van der Waals surface area contributed by atoms with Crippen LogP contribution in [0.5, 0.6) is 0 Å². The van der Waals surface area contributed by atoms with Crippen molar-refractivity contribution in [2.75, 3.05) is 31.1 Å². The molecule has 20 heavy (non-hydrogen) atoms. The Morgan fingerprint density at radius 2 is 2.25 bits per heavy atom. The van der Waals surface area contributed by atoms with Gasteiger partial charge in [-0.2, -0.15) is 11.8 Å². The minimum atomic E-state index is 0.257. The van der Waals surface area contributed by atoms with Crippen molar-refractivity contribution >= 4 is 29.0 Å². The van der Waals surface area contributed by atoms with Crippen LogP contribution in [0.3, 0.4) is 0 Å². The maximum absolute atomic E-state index is 12.2. The van der Waals surface area contributed by atoms with E-state index in [9.17, 15) is 4.79 Å². The molecule has 0 aliphatic carbocycles. The van der Waals surface area contributed by atoms with Gasteiger partial charge in [-0.15, -0.1) is 11.3 Å². The summed E-state index contributed by atoms with van der Waals surface area (Å²) in [6.45, 7) is 3.19. The highest BCUT2D eigenvalue weighted by Crippen LogP contribution is 2.24. The minimum absolute atomic E-state index is 0.257. The van der Waals surface area contributed by atoms with Crippen molar-refractivity contribution in [3.63, 3.8) is 0 Å². The Morgan fingerprint density at radius 3 is 3.10 bits per heavy atom. The third-order valence-corrected chi connectivity index (χ3v) is 6.28. The highest BCUT2D eigenvalue weighted by atomic mass is 32.2. The van der Waals surface area contributed by atoms with Gasteiger partial charge in [0.25, 0.3) is 0 Å². The van der Waals surface area contributed by atoms with E-state index < -0.39 is 0 Å². The number of hydrogen-bond donors (Lipinski definition) is 1. The Kier molecular flexibility index (Phi) is 5.02. The summed E-state index contributed by atoms with van der Waals surface area (Å²) < 4.78 is 0. The van der Waals surface area contributed by atoms with Gasteiger partial charge in [-0.25, -0.2) is 0 Å². The summed E-state index contributed by atoms with van der Waals surface area (Å²) in [5, 5.41) is 5.51. The van der Waals surface area contributed by atoms with Crippen LogP contribution in [0.25, 0.3) is 0 Å². The number of amides is 1. The lowest BCUT2D eigenvalue weighted by molar-refractivity contribution is -0.131. The number of rotatable bonds is 4. The SMILES string of the molecule is O=C(CNCC1CCSCC1)N1CCc2sccc2C1. The first-order valence-electron chi connectivity index (χ1n) is 7.44. The molecule has 2 aliphatic heterocycles. The fourth-order valence-electron chi connectivity index (χ4n) is 2.91. The summed E-state index contributed by atoms with van der Waals surface area (Å²) >= 11 is 3.87. The third kappa shape index (κ3) is 3.57. The number of nitrogens with zero attached hydrogens (tertiary/aromatic N) is 1. The molecule has 0 aromatic carbocycles. The number of thiophene rings is 1.